The van der Waals surface area contributed by atoms with Crippen LogP contribution in [0.5, 0.6) is 0 Å². The number of nitrogens with one attached hydrogen (secondary N) is 2. The van der Waals surface area contributed by atoms with Crippen LogP contribution < -0.4 is 10.6 Å². The van der Waals surface area contributed by atoms with E-state index in [4.69, 9.17) is 23.2 Å². The smallest absolute Gasteiger partial charge is 0.192 e. The molecule has 1 heterocycles. The van der Waals surface area contributed by atoms with Crippen molar-refractivity contribution in [2.45, 2.75) is 26.4 Å². The summed E-state index contributed by atoms with van der Waals surface area (Å²) in [5.41, 5.74) is 0.959. The molecule has 0 aliphatic carbocycles. The van der Waals surface area contributed by atoms with Crippen molar-refractivity contribution in [1.82, 2.24) is 25.4 Å². The van der Waals surface area contributed by atoms with E-state index in [1.54, 1.807) is 12.4 Å². The lowest BCUT2D eigenvalue weighted by Gasteiger charge is -2.19. The summed E-state index contributed by atoms with van der Waals surface area (Å²) in [6.07, 6.45) is 1.65. The summed E-state index contributed by atoms with van der Waals surface area (Å²) < 4.78 is 1.84. The van der Waals surface area contributed by atoms with Crippen molar-refractivity contribution in [2.24, 2.45) is 12.0 Å². The Balaban J connectivity index is 0.00000288. The fraction of sp³-hybridized carbons (Fsp3) is 0.400. The Morgan fingerprint density at radius 3 is 2.71 bits per heavy atom. The van der Waals surface area contributed by atoms with E-state index in [0.717, 1.165) is 17.9 Å². The zero-order chi connectivity index (χ0) is 16.8. The number of halogens is 3. The lowest BCUT2D eigenvalue weighted by atomic mass is 10.1. The molecule has 2 N–H and O–H groups in total. The van der Waals surface area contributed by atoms with Gasteiger partial charge in [0.2, 0.25) is 0 Å². The number of aliphatic imine (C=N–C) groups is 1. The SMILES string of the molecule is CCNC(=NCc1nncn1C)NC(C)c1ccc(Cl)cc1Cl.I. The minimum absolute atomic E-state index is 0. The molecule has 0 bridgehead atoms. The molecule has 0 aliphatic rings. The van der Waals surface area contributed by atoms with Crippen LogP contribution in [0.1, 0.15) is 31.3 Å². The molecule has 0 amide bonds. The molecule has 1 aromatic carbocycles. The Labute approximate surface area is 169 Å². The second-order valence-electron chi connectivity index (χ2n) is 5.09. The number of nitrogens with zero attached hydrogens (tertiary/aromatic N) is 4. The first kappa shape index (κ1) is 21.0. The zero-order valence-electron chi connectivity index (χ0n) is 13.8. The first-order valence-corrected chi connectivity index (χ1v) is 8.09. The first-order chi connectivity index (χ1) is 11.0. The van der Waals surface area contributed by atoms with Gasteiger partial charge in [-0.2, -0.15) is 0 Å². The highest BCUT2D eigenvalue weighted by atomic mass is 127. The third-order valence-corrected chi connectivity index (χ3v) is 3.87. The predicted molar refractivity (Wildman–Crippen MR) is 109 cm³/mol. The highest BCUT2D eigenvalue weighted by molar-refractivity contribution is 14.0. The quantitative estimate of drug-likeness (QED) is 0.388. The highest BCUT2D eigenvalue weighted by Gasteiger charge is 2.12. The summed E-state index contributed by atoms with van der Waals surface area (Å²) >= 11 is 12.2. The van der Waals surface area contributed by atoms with Gasteiger partial charge in [0.25, 0.3) is 0 Å². The summed E-state index contributed by atoms with van der Waals surface area (Å²) in [6.45, 7) is 5.22. The van der Waals surface area contributed by atoms with Crippen LogP contribution in [0.3, 0.4) is 0 Å². The molecule has 2 aromatic rings. The summed E-state index contributed by atoms with van der Waals surface area (Å²) in [5, 5.41) is 15.7. The molecule has 1 atom stereocenters. The van der Waals surface area contributed by atoms with E-state index in [9.17, 15) is 0 Å². The van der Waals surface area contributed by atoms with E-state index >= 15 is 0 Å². The number of benzene rings is 1. The van der Waals surface area contributed by atoms with Gasteiger partial charge in [0.05, 0.1) is 6.04 Å². The second-order valence-corrected chi connectivity index (χ2v) is 5.93. The van der Waals surface area contributed by atoms with Crippen molar-refractivity contribution in [2.75, 3.05) is 6.54 Å². The standard InChI is InChI=1S/C15H20Cl2N6.HI/c1-4-18-15(19-8-14-22-20-9-23(14)3)21-10(2)12-6-5-11(16)7-13(12)17;/h5-7,9-10H,4,8H2,1-3H3,(H2,18,19,21);1H. The van der Waals surface area contributed by atoms with Crippen molar-refractivity contribution in [3.05, 3.63) is 46.0 Å². The molecule has 0 saturated heterocycles. The second kappa shape index (κ2) is 10.0. The maximum atomic E-state index is 6.26. The van der Waals surface area contributed by atoms with Gasteiger partial charge in [-0.05, 0) is 31.5 Å². The molecule has 24 heavy (non-hydrogen) atoms. The highest BCUT2D eigenvalue weighted by Crippen LogP contribution is 2.25. The van der Waals surface area contributed by atoms with Gasteiger partial charge < -0.3 is 15.2 Å². The minimum Gasteiger partial charge on any atom is -0.357 e. The molecule has 1 unspecified atom stereocenters. The van der Waals surface area contributed by atoms with Crippen LogP contribution in [0.15, 0.2) is 29.5 Å². The van der Waals surface area contributed by atoms with Gasteiger partial charge in [-0.25, -0.2) is 4.99 Å². The van der Waals surface area contributed by atoms with Gasteiger partial charge in [-0.3, -0.25) is 0 Å². The lowest BCUT2D eigenvalue weighted by molar-refractivity contribution is 0.682. The zero-order valence-corrected chi connectivity index (χ0v) is 17.6. The van der Waals surface area contributed by atoms with Crippen LogP contribution in [-0.2, 0) is 13.6 Å². The van der Waals surface area contributed by atoms with E-state index in [1.165, 1.54) is 0 Å². The van der Waals surface area contributed by atoms with Gasteiger partial charge >= 0.3 is 0 Å². The summed E-state index contributed by atoms with van der Waals surface area (Å²) in [4.78, 5) is 4.53. The maximum absolute atomic E-state index is 6.26. The normalized spacial score (nSPS) is 12.5. The molecule has 9 heteroatoms. The Hall–Kier alpha value is -1.06. The molecule has 0 radical (unpaired) electrons. The first-order valence-electron chi connectivity index (χ1n) is 7.34. The molecule has 1 aromatic heterocycles. The number of rotatable bonds is 5. The van der Waals surface area contributed by atoms with Gasteiger partial charge in [0, 0.05) is 23.6 Å². The van der Waals surface area contributed by atoms with Crippen molar-refractivity contribution in [3.63, 3.8) is 0 Å². The summed E-state index contributed by atoms with van der Waals surface area (Å²) in [5.74, 6) is 1.48. The summed E-state index contributed by atoms with van der Waals surface area (Å²) in [6, 6.07) is 5.46. The number of hydrogen-bond acceptors (Lipinski definition) is 3. The average molecular weight is 483 g/mol. The number of aryl methyl sites for hydroxylation is 1. The van der Waals surface area contributed by atoms with Crippen LogP contribution >= 0.6 is 47.2 Å². The molecular weight excluding hydrogens is 462 g/mol. The average Bonchev–Trinajstić information content (AvgIpc) is 2.90. The van der Waals surface area contributed by atoms with Crippen LogP contribution in [0, 0.1) is 0 Å². The topological polar surface area (TPSA) is 67.1 Å². The Morgan fingerprint density at radius 1 is 1.38 bits per heavy atom. The van der Waals surface area contributed by atoms with Crippen molar-refractivity contribution < 1.29 is 0 Å². The lowest BCUT2D eigenvalue weighted by Crippen LogP contribution is -2.38. The van der Waals surface area contributed by atoms with E-state index in [-0.39, 0.29) is 30.0 Å². The molecule has 6 nitrogen and oxygen atoms in total. The largest absolute Gasteiger partial charge is 0.357 e. The Morgan fingerprint density at radius 2 is 2.12 bits per heavy atom. The molecule has 0 fully saturated rings. The van der Waals surface area contributed by atoms with Crippen molar-refractivity contribution in [3.8, 4) is 0 Å². The van der Waals surface area contributed by atoms with Crippen molar-refractivity contribution >= 4 is 53.1 Å². The molecule has 0 spiro atoms. The number of aromatic nitrogens is 3. The third kappa shape index (κ3) is 5.78. The summed E-state index contributed by atoms with van der Waals surface area (Å²) in [7, 11) is 1.89. The fourth-order valence-corrected chi connectivity index (χ4v) is 2.63. The predicted octanol–water partition coefficient (Wildman–Crippen LogP) is 3.56. The van der Waals surface area contributed by atoms with E-state index in [0.29, 0.717) is 22.5 Å². The Kier molecular flexibility index (Phi) is 8.79. The molecule has 132 valence electrons. The fourth-order valence-electron chi connectivity index (χ4n) is 2.06. The molecule has 0 saturated carbocycles. The van der Waals surface area contributed by atoms with Gasteiger partial charge in [0.15, 0.2) is 11.8 Å². The monoisotopic (exact) mass is 482 g/mol. The van der Waals surface area contributed by atoms with Crippen LogP contribution in [-0.4, -0.2) is 27.3 Å². The molecular formula is C15H21Cl2IN6. The minimum atomic E-state index is -0.0166. The molecule has 2 rings (SSSR count). The van der Waals surface area contributed by atoms with Crippen molar-refractivity contribution in [1.29, 1.82) is 0 Å². The van der Waals surface area contributed by atoms with Gasteiger partial charge in [-0.15, -0.1) is 34.2 Å². The van der Waals surface area contributed by atoms with Gasteiger partial charge in [-0.1, -0.05) is 29.3 Å². The molecule has 0 aliphatic heterocycles. The Bertz CT molecular complexity index is 688. The number of hydrogen-bond donors (Lipinski definition) is 2. The third-order valence-electron chi connectivity index (χ3n) is 3.31. The van der Waals surface area contributed by atoms with Gasteiger partial charge in [0.1, 0.15) is 12.9 Å². The van der Waals surface area contributed by atoms with Crippen LogP contribution in [0.25, 0.3) is 0 Å². The van der Waals surface area contributed by atoms with Crippen LogP contribution in [0.4, 0.5) is 0 Å². The van der Waals surface area contributed by atoms with E-state index in [1.807, 2.05) is 37.6 Å². The van der Waals surface area contributed by atoms with Crippen LogP contribution in [0.2, 0.25) is 10.0 Å². The number of guanidine groups is 1. The van der Waals surface area contributed by atoms with E-state index in [2.05, 4.69) is 25.8 Å². The maximum Gasteiger partial charge on any atom is 0.192 e. The van der Waals surface area contributed by atoms with E-state index < -0.39 is 0 Å².